The number of nitrogens with one attached hydrogen (secondary N) is 1. The zero-order chi connectivity index (χ0) is 26.7. The highest BCUT2D eigenvalue weighted by atomic mass is 35.5. The Kier molecular flexibility index (Phi) is 8.90. The molecule has 3 rings (SSSR count). The molecule has 0 aliphatic heterocycles. The number of aromatic hydroxyl groups is 1. The monoisotopic (exact) mass is 573 g/mol. The van der Waals surface area contributed by atoms with Crippen molar-refractivity contribution in [1.29, 1.82) is 0 Å². The summed E-state index contributed by atoms with van der Waals surface area (Å²) in [5.41, 5.74) is 1.57. The van der Waals surface area contributed by atoms with Crippen LogP contribution in [0.25, 0.3) is 0 Å². The highest BCUT2D eigenvalue weighted by Crippen LogP contribution is 2.41. The molecule has 0 amide bonds. The van der Waals surface area contributed by atoms with Crippen LogP contribution in [0, 0.1) is 0 Å². The maximum Gasteiger partial charge on any atom is 0.321 e. The summed E-state index contributed by atoms with van der Waals surface area (Å²) in [7, 11) is -6.29. The topological polar surface area (TPSA) is 139 Å². The summed E-state index contributed by atoms with van der Waals surface area (Å²) in [5, 5.41) is 27.3. The summed E-state index contributed by atoms with van der Waals surface area (Å²) in [4.78, 5) is 11.7. The largest absolute Gasteiger partial charge is 0.508 e. The number of hydrogen-bond acceptors (Lipinski definition) is 7. The predicted octanol–water partition coefficient (Wildman–Crippen LogP) is 3.35. The number of nitrogens with zero attached hydrogens (tertiary/aromatic N) is 2. The van der Waals surface area contributed by atoms with E-state index >= 15 is 0 Å². The van der Waals surface area contributed by atoms with Crippen LogP contribution < -0.4 is 10.6 Å². The second-order valence-electron chi connectivity index (χ2n) is 8.55. The van der Waals surface area contributed by atoms with E-state index in [4.69, 9.17) is 23.2 Å². The molecule has 9 nitrogen and oxygen atoms in total. The van der Waals surface area contributed by atoms with Crippen molar-refractivity contribution in [2.24, 2.45) is 0 Å². The lowest BCUT2D eigenvalue weighted by Crippen LogP contribution is -2.38. The van der Waals surface area contributed by atoms with Crippen molar-refractivity contribution >= 4 is 51.6 Å². The fourth-order valence-corrected chi connectivity index (χ4v) is 6.50. The molecule has 36 heavy (non-hydrogen) atoms. The van der Waals surface area contributed by atoms with Gasteiger partial charge in [0, 0.05) is 46.2 Å². The van der Waals surface area contributed by atoms with Crippen molar-refractivity contribution in [2.45, 2.75) is 25.4 Å². The Morgan fingerprint density at radius 1 is 1.19 bits per heavy atom. The third kappa shape index (κ3) is 7.33. The molecule has 0 aliphatic carbocycles. The van der Waals surface area contributed by atoms with Crippen LogP contribution in [0.2, 0.25) is 10.0 Å². The minimum Gasteiger partial charge on any atom is -0.508 e. The molecule has 194 valence electrons. The van der Waals surface area contributed by atoms with Gasteiger partial charge in [-0.3, -0.25) is 10.1 Å². The van der Waals surface area contributed by atoms with Crippen LogP contribution in [0.1, 0.15) is 16.8 Å². The first-order valence-electron chi connectivity index (χ1n) is 10.8. The summed E-state index contributed by atoms with van der Waals surface area (Å²) >= 11 is 12.9. The zero-order valence-electron chi connectivity index (χ0n) is 19.6. The van der Waals surface area contributed by atoms with E-state index in [1.54, 1.807) is 30.9 Å². The minimum atomic E-state index is -3.57. The van der Waals surface area contributed by atoms with Gasteiger partial charge in [-0.05, 0) is 49.0 Å². The number of aryl methyl sites for hydroxylation is 1. The molecule has 0 bridgehead atoms. The van der Waals surface area contributed by atoms with Crippen LogP contribution >= 0.6 is 30.3 Å². The Balaban J connectivity index is 1.67. The average Bonchev–Trinajstić information content (AvgIpc) is 3.25. The molecule has 13 heteroatoms. The van der Waals surface area contributed by atoms with Crippen LogP contribution in [-0.4, -0.2) is 58.9 Å². The Labute approximate surface area is 219 Å². The van der Waals surface area contributed by atoms with Gasteiger partial charge < -0.3 is 14.8 Å². The average molecular weight is 574 g/mol. The summed E-state index contributed by atoms with van der Waals surface area (Å²) in [6.45, 7) is 1.71. The molecule has 3 N–H and O–H groups in total. The molecule has 2 aromatic carbocycles. The number of carbonyl (C=O) groups is 1. The van der Waals surface area contributed by atoms with Gasteiger partial charge in [-0.25, -0.2) is 8.42 Å². The molecular weight excluding hydrogens is 548 g/mol. The summed E-state index contributed by atoms with van der Waals surface area (Å²) in [6.07, 6.45) is 2.99. The summed E-state index contributed by atoms with van der Waals surface area (Å²) in [5.74, 6) is -1.08. The third-order valence-electron chi connectivity index (χ3n) is 5.60. The van der Waals surface area contributed by atoms with E-state index in [2.05, 4.69) is 10.4 Å². The van der Waals surface area contributed by atoms with Gasteiger partial charge >= 0.3 is 5.97 Å². The lowest BCUT2D eigenvalue weighted by atomic mass is 10.1. The Morgan fingerprint density at radius 3 is 2.42 bits per heavy atom. The number of rotatable bonds is 11. The molecule has 2 atom stereocenters. The lowest BCUT2D eigenvalue weighted by molar-refractivity contribution is -0.139. The molecule has 0 spiro atoms. The lowest BCUT2D eigenvalue weighted by Gasteiger charge is -2.17. The molecule has 1 heterocycles. The van der Waals surface area contributed by atoms with Gasteiger partial charge in [0.05, 0.1) is 11.9 Å². The fourth-order valence-electron chi connectivity index (χ4n) is 3.55. The number of aliphatic carboxylic acids is 1. The molecule has 1 unspecified atom stereocenters. The second-order valence-corrected chi connectivity index (χ2v) is 14.4. The van der Waals surface area contributed by atoms with Gasteiger partial charge in [0.25, 0.3) is 10.0 Å². The van der Waals surface area contributed by atoms with Crippen LogP contribution in [-0.2, 0) is 38.8 Å². The van der Waals surface area contributed by atoms with Gasteiger partial charge in [0.15, 0.2) is 0 Å². The first-order chi connectivity index (χ1) is 16.8. The molecule has 0 saturated heterocycles. The van der Waals surface area contributed by atoms with Crippen molar-refractivity contribution in [3.63, 3.8) is 0 Å². The smallest absolute Gasteiger partial charge is 0.321 e. The van der Waals surface area contributed by atoms with E-state index in [0.29, 0.717) is 39.2 Å². The predicted molar refractivity (Wildman–Crippen MR) is 141 cm³/mol. The number of hydrogen-bond donors (Lipinski definition) is 3. The summed E-state index contributed by atoms with van der Waals surface area (Å²) in [6, 6.07) is 10.2. The number of halogens is 2. The van der Waals surface area contributed by atoms with Crippen molar-refractivity contribution in [2.75, 3.05) is 19.1 Å². The molecule has 1 aromatic heterocycles. The van der Waals surface area contributed by atoms with Crippen LogP contribution in [0.4, 0.5) is 0 Å². The standard InChI is InChI=1S/C23H26Cl2N3O6PS/c1-35(32,18-5-3-4-17(29)13-18)9-7-15-10-20(24)19(21(25)11-15)14-26-22(23(30)31)12-16-6-8-28(27-16)36(2,33)34/h3-6,8,10-11,13,22,26,29H,7,9,12,14H2,1-2H3,(H,30,31)/t22-,35?/m0/s1. The summed E-state index contributed by atoms with van der Waals surface area (Å²) < 4.78 is 37.1. The molecule has 0 aliphatic rings. The Hall–Kier alpha value is -2.36. The first kappa shape index (κ1) is 28.2. The number of phenolic OH excluding ortho intramolecular Hbond substituents is 1. The van der Waals surface area contributed by atoms with E-state index in [9.17, 15) is 28.0 Å². The Bertz CT molecular complexity index is 1400. The van der Waals surface area contributed by atoms with Crippen LogP contribution in [0.5, 0.6) is 5.75 Å². The number of phenols is 1. The normalized spacial score (nSPS) is 14.3. The molecule has 0 fully saturated rings. The van der Waals surface area contributed by atoms with Gasteiger partial charge in [0.1, 0.15) is 18.9 Å². The van der Waals surface area contributed by atoms with Gasteiger partial charge in [-0.2, -0.15) is 9.19 Å². The van der Waals surface area contributed by atoms with Gasteiger partial charge in [0.2, 0.25) is 0 Å². The van der Waals surface area contributed by atoms with E-state index < -0.39 is 29.2 Å². The molecule has 0 saturated carbocycles. The first-order valence-corrected chi connectivity index (χ1v) is 15.7. The molecule has 0 radical (unpaired) electrons. The number of carboxylic acids is 1. The van der Waals surface area contributed by atoms with Gasteiger partial charge in [-0.1, -0.05) is 35.3 Å². The zero-order valence-corrected chi connectivity index (χ0v) is 22.8. The van der Waals surface area contributed by atoms with E-state index in [0.717, 1.165) is 15.9 Å². The maximum atomic E-state index is 13.1. The van der Waals surface area contributed by atoms with Crippen molar-refractivity contribution in [3.8, 4) is 5.75 Å². The van der Waals surface area contributed by atoms with E-state index in [-0.39, 0.29) is 18.7 Å². The number of benzene rings is 2. The highest BCUT2D eigenvalue weighted by Gasteiger charge is 2.22. The third-order valence-corrected chi connectivity index (χ3v) is 9.61. The fraction of sp³-hybridized carbons (Fsp3) is 0.304. The highest BCUT2D eigenvalue weighted by molar-refractivity contribution is 7.89. The molecule has 3 aromatic rings. The van der Waals surface area contributed by atoms with E-state index in [1.807, 2.05) is 0 Å². The van der Waals surface area contributed by atoms with Crippen LogP contribution in [0.15, 0.2) is 48.7 Å². The quantitative estimate of drug-likeness (QED) is 0.297. The second kappa shape index (κ2) is 11.4. The van der Waals surface area contributed by atoms with E-state index in [1.165, 1.54) is 24.4 Å². The Morgan fingerprint density at radius 2 is 1.86 bits per heavy atom. The van der Waals surface area contributed by atoms with Crippen LogP contribution in [0.3, 0.4) is 0 Å². The maximum absolute atomic E-state index is 13.1. The SMILES string of the molecule is CP(=O)(CCc1cc(Cl)c(CN[C@@H](Cc2ccn(S(C)(=O)=O)n2)C(=O)O)c(Cl)c1)c1cccc(O)c1. The van der Waals surface area contributed by atoms with Gasteiger partial charge in [-0.15, -0.1) is 0 Å². The van der Waals surface area contributed by atoms with Crippen molar-refractivity contribution < 1.29 is 28.0 Å². The minimum absolute atomic E-state index is 0.0496. The number of aromatic nitrogens is 2. The molecular formula is C23H26Cl2N3O6PS. The van der Waals surface area contributed by atoms with Crippen molar-refractivity contribution in [1.82, 2.24) is 14.5 Å². The van der Waals surface area contributed by atoms with Crippen molar-refractivity contribution in [3.05, 3.63) is 75.5 Å². The number of carboxylic acid groups (broad SMARTS) is 1.